The van der Waals surface area contributed by atoms with Crippen molar-refractivity contribution in [3.05, 3.63) is 18.3 Å². The molecule has 2 aliphatic heterocycles. The van der Waals surface area contributed by atoms with Gasteiger partial charge >= 0.3 is 0 Å². The molecule has 38 heavy (non-hydrogen) atoms. The molecule has 0 aliphatic carbocycles. The highest BCUT2D eigenvalue weighted by Gasteiger charge is 2.40. The van der Waals surface area contributed by atoms with Gasteiger partial charge in [-0.15, -0.1) is 0 Å². The molecule has 1 aromatic carbocycles. The van der Waals surface area contributed by atoms with Crippen molar-refractivity contribution in [2.45, 2.75) is 59.1 Å². The third kappa shape index (κ3) is 7.13. The van der Waals surface area contributed by atoms with Crippen LogP contribution in [0.5, 0.6) is 11.5 Å². The van der Waals surface area contributed by atoms with E-state index < -0.39 is 26.6 Å². The minimum absolute atomic E-state index is 0.159. The molecule has 3 rings (SSSR count). The van der Waals surface area contributed by atoms with E-state index in [-0.39, 0.29) is 9.14 Å². The van der Waals surface area contributed by atoms with E-state index in [1.807, 2.05) is 13.8 Å². The lowest BCUT2D eigenvalue weighted by atomic mass is 10.3. The number of hydrogen-bond acceptors (Lipinski definition) is 13. The number of ether oxygens (including phenoxy) is 2. The smallest absolute Gasteiger partial charge is 0.261 e. The molecular formula is C22H28N2O8S6. The van der Waals surface area contributed by atoms with Crippen LogP contribution >= 0.6 is 59.1 Å². The number of sulfone groups is 1. The summed E-state index contributed by atoms with van der Waals surface area (Å²) in [6, 6.07) is 0. The monoisotopic (exact) mass is 640 g/mol. The lowest BCUT2D eigenvalue weighted by Gasteiger charge is -2.18. The van der Waals surface area contributed by atoms with Gasteiger partial charge in [-0.25, -0.2) is 13.3 Å². The summed E-state index contributed by atoms with van der Waals surface area (Å²) < 4.78 is 43.1. The summed E-state index contributed by atoms with van der Waals surface area (Å²) in [6.45, 7) is 4.91. The van der Waals surface area contributed by atoms with E-state index in [1.54, 1.807) is 0 Å². The lowest BCUT2D eigenvalue weighted by Crippen LogP contribution is -2.21. The zero-order valence-corrected chi connectivity index (χ0v) is 26.0. The highest BCUT2D eigenvalue weighted by molar-refractivity contribution is 8.26. The SMILES string of the molecule is CCCCOc1c2c(c(OCCCC)c3c1SC(=C(C(N)=O)S(C)(=O)=O)S3)SC(=C(SOOC)C(N)=O)S2. The summed E-state index contributed by atoms with van der Waals surface area (Å²) in [5, 5.41) is 0. The van der Waals surface area contributed by atoms with Crippen molar-refractivity contribution in [2.24, 2.45) is 11.5 Å². The average Bonchev–Trinajstić information content (AvgIpc) is 3.44. The first-order valence-electron chi connectivity index (χ1n) is 11.4. The molecule has 16 heteroatoms. The highest BCUT2D eigenvalue weighted by Crippen LogP contribution is 2.68. The van der Waals surface area contributed by atoms with Crippen LogP contribution in [0.3, 0.4) is 0 Å². The van der Waals surface area contributed by atoms with Crippen LogP contribution in [0.4, 0.5) is 0 Å². The molecule has 2 amide bonds. The Kier molecular flexibility index (Phi) is 11.5. The van der Waals surface area contributed by atoms with E-state index in [4.69, 9.17) is 25.3 Å². The Labute approximate surface area is 243 Å². The van der Waals surface area contributed by atoms with Crippen LogP contribution in [0.25, 0.3) is 0 Å². The van der Waals surface area contributed by atoms with Crippen molar-refractivity contribution < 1.29 is 36.7 Å². The van der Waals surface area contributed by atoms with Crippen molar-refractivity contribution in [2.75, 3.05) is 26.6 Å². The fourth-order valence-electron chi connectivity index (χ4n) is 3.17. The number of benzene rings is 1. The lowest BCUT2D eigenvalue weighted by molar-refractivity contribution is -0.159. The van der Waals surface area contributed by atoms with Crippen LogP contribution < -0.4 is 20.9 Å². The van der Waals surface area contributed by atoms with E-state index in [9.17, 15) is 18.0 Å². The van der Waals surface area contributed by atoms with Crippen molar-refractivity contribution in [1.29, 1.82) is 0 Å². The van der Waals surface area contributed by atoms with E-state index in [0.29, 0.717) is 60.6 Å². The molecule has 0 saturated carbocycles. The molecular weight excluding hydrogens is 613 g/mol. The van der Waals surface area contributed by atoms with Crippen LogP contribution in [0, 0.1) is 0 Å². The summed E-state index contributed by atoms with van der Waals surface area (Å²) in [6.07, 6.45) is 4.34. The van der Waals surface area contributed by atoms with Gasteiger partial charge in [0.15, 0.2) is 14.7 Å². The highest BCUT2D eigenvalue weighted by atomic mass is 32.2. The van der Waals surface area contributed by atoms with Crippen molar-refractivity contribution in [1.82, 2.24) is 0 Å². The zero-order valence-electron chi connectivity index (χ0n) is 21.1. The Morgan fingerprint density at radius 3 is 1.61 bits per heavy atom. The predicted molar refractivity (Wildman–Crippen MR) is 154 cm³/mol. The summed E-state index contributed by atoms with van der Waals surface area (Å²) in [7, 11) is -2.58. The Morgan fingerprint density at radius 1 is 0.816 bits per heavy atom. The largest absolute Gasteiger partial charge is 0.491 e. The summed E-state index contributed by atoms with van der Waals surface area (Å²) in [5.74, 6) is -0.673. The fraction of sp³-hybridized carbons (Fsp3) is 0.455. The molecule has 0 bridgehead atoms. The topological polar surface area (TPSA) is 157 Å². The summed E-state index contributed by atoms with van der Waals surface area (Å²) in [4.78, 5) is 31.4. The van der Waals surface area contributed by atoms with Gasteiger partial charge in [-0.05, 0) is 12.8 Å². The predicted octanol–water partition coefficient (Wildman–Crippen LogP) is 5.02. The first kappa shape index (κ1) is 31.4. The van der Waals surface area contributed by atoms with Crippen LogP contribution in [-0.2, 0) is 28.6 Å². The molecule has 0 atom stereocenters. The molecule has 0 radical (unpaired) electrons. The normalized spacial score (nSPS) is 14.3. The van der Waals surface area contributed by atoms with Gasteiger partial charge in [-0.2, -0.15) is 4.33 Å². The molecule has 0 fully saturated rings. The maximum Gasteiger partial charge on any atom is 0.261 e. The molecule has 0 spiro atoms. The van der Waals surface area contributed by atoms with Gasteiger partial charge in [0.2, 0.25) is 0 Å². The third-order valence-electron chi connectivity index (χ3n) is 4.88. The van der Waals surface area contributed by atoms with E-state index in [0.717, 1.165) is 55.5 Å². The molecule has 0 aromatic heterocycles. The van der Waals surface area contributed by atoms with Gasteiger partial charge in [-0.3, -0.25) is 9.59 Å². The standard InChI is InChI=1S/C22H28N2O8S6/c1-5-7-9-30-11-13-14(34-21(33-13)17(19(23)25)37-32-29-3)12(31-10-8-6-2)16-15(11)35-22(36-16)18(20(24)26)38(4,27)28/h5-10H2,1-4H3,(H2,23,25)(H2,24,26). The summed E-state index contributed by atoms with van der Waals surface area (Å²) >= 11 is 5.50. The molecule has 1 aromatic rings. The minimum Gasteiger partial charge on any atom is -0.491 e. The first-order chi connectivity index (χ1) is 18.0. The number of carbonyl (C=O) groups is 2. The maximum atomic E-state index is 12.4. The number of thioether (sulfide) groups is 4. The average molecular weight is 641 g/mol. The fourth-order valence-corrected chi connectivity index (χ4v) is 11.0. The quantitative estimate of drug-likeness (QED) is 0.0919. The van der Waals surface area contributed by atoms with Crippen molar-refractivity contribution in [3.63, 3.8) is 0 Å². The van der Waals surface area contributed by atoms with E-state index >= 15 is 0 Å². The number of nitrogens with two attached hydrogens (primary N) is 2. The zero-order chi connectivity index (χ0) is 28.0. The molecule has 2 heterocycles. The van der Waals surface area contributed by atoms with Gasteiger partial charge < -0.3 is 20.9 Å². The van der Waals surface area contributed by atoms with Crippen molar-refractivity contribution in [3.8, 4) is 11.5 Å². The third-order valence-corrected chi connectivity index (χ3v) is 12.5. The molecule has 2 aliphatic rings. The van der Waals surface area contributed by atoms with E-state index in [1.165, 1.54) is 30.6 Å². The molecule has 4 N–H and O–H groups in total. The van der Waals surface area contributed by atoms with Gasteiger partial charge in [0.25, 0.3) is 11.8 Å². The van der Waals surface area contributed by atoms with E-state index in [2.05, 4.69) is 4.89 Å². The maximum absolute atomic E-state index is 12.4. The number of hydrogen-bond donors (Lipinski definition) is 2. The van der Waals surface area contributed by atoms with Crippen molar-refractivity contribution >= 4 is 80.7 Å². The molecule has 210 valence electrons. The Morgan fingerprint density at radius 2 is 1.26 bits per heavy atom. The Balaban J connectivity index is 2.24. The second-order valence-corrected chi connectivity index (χ2v) is 15.1. The first-order valence-corrected chi connectivity index (χ1v) is 17.3. The molecule has 0 unspecified atom stereocenters. The molecule has 0 saturated heterocycles. The number of primary amides is 2. The van der Waals surface area contributed by atoms with Crippen LogP contribution in [0.1, 0.15) is 39.5 Å². The minimum atomic E-state index is -3.90. The molecule has 10 nitrogen and oxygen atoms in total. The van der Waals surface area contributed by atoms with Gasteiger partial charge in [0.05, 0.1) is 60.4 Å². The van der Waals surface area contributed by atoms with Gasteiger partial charge in [-0.1, -0.05) is 73.7 Å². The van der Waals surface area contributed by atoms with Crippen LogP contribution in [-0.4, -0.2) is 46.8 Å². The number of unbranched alkanes of at least 4 members (excludes halogenated alkanes) is 2. The number of amides is 2. The Hall–Kier alpha value is -1.14. The Bertz CT molecular complexity index is 1230. The van der Waals surface area contributed by atoms with Gasteiger partial charge in [0, 0.05) is 6.26 Å². The second-order valence-electron chi connectivity index (χ2n) is 7.84. The second kappa shape index (κ2) is 14.0. The summed E-state index contributed by atoms with van der Waals surface area (Å²) in [5.41, 5.74) is 11.1. The van der Waals surface area contributed by atoms with Crippen LogP contribution in [0.15, 0.2) is 37.9 Å². The van der Waals surface area contributed by atoms with Gasteiger partial charge in [0.1, 0.15) is 16.4 Å². The number of rotatable bonds is 14. The number of carbonyl (C=O) groups excluding carboxylic acids is 2. The van der Waals surface area contributed by atoms with Crippen LogP contribution in [0.2, 0.25) is 0 Å². The number of fused-ring (bicyclic) bond motifs is 2.